The number of nitrogens with one attached hydrogen (secondary N) is 2. The van der Waals surface area contributed by atoms with Crippen molar-refractivity contribution >= 4 is 28.4 Å². The highest BCUT2D eigenvalue weighted by Crippen LogP contribution is 2.25. The summed E-state index contributed by atoms with van der Waals surface area (Å²) in [6, 6.07) is 24.6. The van der Waals surface area contributed by atoms with Crippen molar-refractivity contribution in [2.45, 2.75) is 20.4 Å². The molecule has 8 heteroatoms. The number of rotatable bonds is 7. The van der Waals surface area contributed by atoms with Crippen molar-refractivity contribution in [2.75, 3.05) is 12.4 Å². The lowest BCUT2D eigenvalue weighted by Crippen LogP contribution is -2.23. The average Bonchev–Trinajstić information content (AvgIpc) is 3.24. The van der Waals surface area contributed by atoms with Gasteiger partial charge in [-0.2, -0.15) is 5.10 Å². The van der Waals surface area contributed by atoms with Gasteiger partial charge in [0.05, 0.1) is 23.8 Å². The molecule has 0 unspecified atom stereocenters. The van der Waals surface area contributed by atoms with E-state index >= 15 is 0 Å². The molecule has 8 nitrogen and oxygen atoms in total. The normalized spacial score (nSPS) is 10.9. The highest BCUT2D eigenvalue weighted by atomic mass is 16.5. The Morgan fingerprint density at radius 2 is 1.61 bits per heavy atom. The van der Waals surface area contributed by atoms with Crippen LogP contribution in [0.4, 0.5) is 11.5 Å². The number of fused-ring (bicyclic) bond motifs is 1. The minimum Gasteiger partial charge on any atom is -0.496 e. The first kappa shape index (κ1) is 23.0. The van der Waals surface area contributed by atoms with E-state index in [4.69, 9.17) is 14.7 Å². The van der Waals surface area contributed by atoms with Gasteiger partial charge in [0.2, 0.25) is 0 Å². The molecule has 0 fully saturated rings. The second kappa shape index (κ2) is 9.87. The number of amides is 1. The molecule has 180 valence electrons. The summed E-state index contributed by atoms with van der Waals surface area (Å²) in [6.07, 6.45) is 0. The van der Waals surface area contributed by atoms with Gasteiger partial charge in [-0.1, -0.05) is 30.3 Å². The third-order valence-electron chi connectivity index (χ3n) is 5.80. The molecule has 2 N–H and O–H groups in total. The second-order valence-corrected chi connectivity index (χ2v) is 8.42. The molecule has 36 heavy (non-hydrogen) atoms. The fraction of sp³-hybridized carbons (Fsp3) is 0.143. The van der Waals surface area contributed by atoms with Crippen LogP contribution < -0.4 is 15.4 Å². The largest absolute Gasteiger partial charge is 0.496 e. The lowest BCUT2D eigenvalue weighted by molar-refractivity contribution is 0.0950. The van der Waals surface area contributed by atoms with Crippen LogP contribution >= 0.6 is 0 Å². The third kappa shape index (κ3) is 4.74. The van der Waals surface area contributed by atoms with E-state index in [9.17, 15) is 4.79 Å². The van der Waals surface area contributed by atoms with Crippen LogP contribution in [0.2, 0.25) is 0 Å². The molecule has 0 bridgehead atoms. The van der Waals surface area contributed by atoms with Crippen LogP contribution in [0.15, 0.2) is 78.9 Å². The highest BCUT2D eigenvalue weighted by molar-refractivity contribution is 5.94. The van der Waals surface area contributed by atoms with E-state index in [1.54, 1.807) is 23.9 Å². The summed E-state index contributed by atoms with van der Waals surface area (Å²) in [5.74, 6) is 1.76. The Morgan fingerprint density at radius 3 is 2.31 bits per heavy atom. The van der Waals surface area contributed by atoms with Gasteiger partial charge < -0.3 is 15.4 Å². The fourth-order valence-electron chi connectivity index (χ4n) is 4.03. The number of ether oxygens (including phenoxy) is 1. The predicted molar refractivity (Wildman–Crippen MR) is 140 cm³/mol. The van der Waals surface area contributed by atoms with Crippen molar-refractivity contribution in [1.29, 1.82) is 0 Å². The Balaban J connectivity index is 1.38. The number of benzene rings is 3. The number of carbonyl (C=O) groups is 1. The molecule has 0 aliphatic rings. The van der Waals surface area contributed by atoms with Crippen LogP contribution in [0.1, 0.15) is 27.3 Å². The zero-order chi connectivity index (χ0) is 25.1. The summed E-state index contributed by atoms with van der Waals surface area (Å²) in [5, 5.41) is 10.9. The minimum absolute atomic E-state index is 0.165. The number of methoxy groups -OCH3 is 1. The van der Waals surface area contributed by atoms with Crippen molar-refractivity contribution in [3.63, 3.8) is 0 Å². The summed E-state index contributed by atoms with van der Waals surface area (Å²) in [6.45, 7) is 4.31. The van der Waals surface area contributed by atoms with Gasteiger partial charge in [0.1, 0.15) is 5.75 Å². The summed E-state index contributed by atoms with van der Waals surface area (Å²) >= 11 is 0. The van der Waals surface area contributed by atoms with Crippen molar-refractivity contribution in [3.8, 4) is 11.6 Å². The summed E-state index contributed by atoms with van der Waals surface area (Å²) in [7, 11) is 1.62. The summed E-state index contributed by atoms with van der Waals surface area (Å²) < 4.78 is 7.14. The molecule has 0 aliphatic heterocycles. The van der Waals surface area contributed by atoms with E-state index in [-0.39, 0.29) is 5.91 Å². The molecule has 5 rings (SSSR count). The SMILES string of the molecule is COc1ccccc1CNC(=O)c1ccc(Nc2nc3ccccc3nc2-n2nc(C)cc2C)cc1. The molecule has 1 amide bonds. The molecule has 0 saturated heterocycles. The maximum Gasteiger partial charge on any atom is 0.251 e. The molecular weight excluding hydrogens is 452 g/mol. The van der Waals surface area contributed by atoms with Crippen LogP contribution in [0.3, 0.4) is 0 Å². The van der Waals surface area contributed by atoms with Crippen LogP contribution in [-0.2, 0) is 6.54 Å². The van der Waals surface area contributed by atoms with Gasteiger partial charge in [-0.05, 0) is 62.4 Å². The Hall–Kier alpha value is -4.72. The Labute approximate surface area is 209 Å². The standard InChI is InChI=1S/C28H26N6O2/c1-18-16-19(2)34(33-18)27-26(31-23-9-5-6-10-24(23)32-27)30-22-14-12-20(13-15-22)28(35)29-17-21-8-4-7-11-25(21)36-3/h4-16H,17H2,1-3H3,(H,29,35)(H,30,31). The molecule has 5 aromatic rings. The van der Waals surface area contributed by atoms with E-state index in [1.807, 2.05) is 80.6 Å². The van der Waals surface area contributed by atoms with E-state index in [1.165, 1.54) is 0 Å². The Kier molecular flexibility index (Phi) is 6.32. The molecule has 0 spiro atoms. The van der Waals surface area contributed by atoms with Crippen molar-refractivity contribution in [1.82, 2.24) is 25.1 Å². The number of anilines is 2. The quantitative estimate of drug-likeness (QED) is 0.337. The molecule has 0 radical (unpaired) electrons. The molecule has 2 heterocycles. The maximum absolute atomic E-state index is 12.7. The van der Waals surface area contributed by atoms with Crippen LogP contribution in [0.25, 0.3) is 16.9 Å². The molecule has 0 atom stereocenters. The van der Waals surface area contributed by atoms with Crippen LogP contribution in [0, 0.1) is 13.8 Å². The maximum atomic E-state index is 12.7. The Morgan fingerprint density at radius 1 is 0.917 bits per heavy atom. The van der Waals surface area contributed by atoms with Gasteiger partial charge >= 0.3 is 0 Å². The lowest BCUT2D eigenvalue weighted by Gasteiger charge is -2.13. The molecule has 2 aromatic heterocycles. The van der Waals surface area contributed by atoms with Gasteiger partial charge in [0, 0.05) is 29.1 Å². The number of carbonyl (C=O) groups excluding carboxylic acids is 1. The second-order valence-electron chi connectivity index (χ2n) is 8.42. The molecule has 0 saturated carbocycles. The van der Waals surface area contributed by atoms with Gasteiger partial charge in [-0.25, -0.2) is 14.6 Å². The first-order chi connectivity index (χ1) is 17.5. The van der Waals surface area contributed by atoms with Crippen LogP contribution in [-0.4, -0.2) is 32.8 Å². The van der Waals surface area contributed by atoms with Crippen molar-refractivity contribution < 1.29 is 9.53 Å². The minimum atomic E-state index is -0.165. The summed E-state index contributed by atoms with van der Waals surface area (Å²) in [4.78, 5) is 22.3. The first-order valence-electron chi connectivity index (χ1n) is 11.6. The average molecular weight is 479 g/mol. The van der Waals surface area contributed by atoms with E-state index in [0.29, 0.717) is 23.7 Å². The van der Waals surface area contributed by atoms with E-state index < -0.39 is 0 Å². The van der Waals surface area contributed by atoms with E-state index in [2.05, 4.69) is 15.7 Å². The highest BCUT2D eigenvalue weighted by Gasteiger charge is 2.15. The lowest BCUT2D eigenvalue weighted by atomic mass is 10.1. The topological polar surface area (TPSA) is 94.0 Å². The molecule has 3 aromatic carbocycles. The molecule has 0 aliphatic carbocycles. The van der Waals surface area contributed by atoms with Gasteiger partial charge in [-0.15, -0.1) is 0 Å². The van der Waals surface area contributed by atoms with Gasteiger partial charge in [-0.3, -0.25) is 4.79 Å². The van der Waals surface area contributed by atoms with E-state index in [0.717, 1.165) is 39.4 Å². The van der Waals surface area contributed by atoms with Crippen LogP contribution in [0.5, 0.6) is 5.75 Å². The number of aromatic nitrogens is 4. The first-order valence-corrected chi connectivity index (χ1v) is 11.6. The number of hydrogen-bond acceptors (Lipinski definition) is 6. The zero-order valence-electron chi connectivity index (χ0n) is 20.3. The molecular formula is C28H26N6O2. The third-order valence-corrected chi connectivity index (χ3v) is 5.80. The Bertz CT molecular complexity index is 1540. The number of para-hydroxylation sites is 3. The smallest absolute Gasteiger partial charge is 0.251 e. The summed E-state index contributed by atoms with van der Waals surface area (Å²) in [5.41, 5.74) is 5.67. The number of nitrogens with zero attached hydrogens (tertiary/aromatic N) is 4. The fourth-order valence-corrected chi connectivity index (χ4v) is 4.03. The number of hydrogen-bond donors (Lipinski definition) is 2. The van der Waals surface area contributed by atoms with Crippen molar-refractivity contribution in [3.05, 3.63) is 101 Å². The zero-order valence-corrected chi connectivity index (χ0v) is 20.3. The predicted octanol–water partition coefficient (Wildman–Crippen LogP) is 5.11. The van der Waals surface area contributed by atoms with Gasteiger partial charge in [0.25, 0.3) is 5.91 Å². The van der Waals surface area contributed by atoms with Gasteiger partial charge in [0.15, 0.2) is 11.6 Å². The number of aryl methyl sites for hydroxylation is 2. The monoisotopic (exact) mass is 478 g/mol. The van der Waals surface area contributed by atoms with Crippen molar-refractivity contribution in [2.24, 2.45) is 0 Å².